The molecule has 0 saturated heterocycles. The number of methoxy groups -OCH3 is 1. The van der Waals surface area contributed by atoms with Gasteiger partial charge in [0.05, 0.1) is 12.8 Å². The molecule has 0 radical (unpaired) electrons. The zero-order valence-electron chi connectivity index (χ0n) is 13.9. The van der Waals surface area contributed by atoms with Crippen LogP contribution >= 0.6 is 0 Å². The highest BCUT2D eigenvalue weighted by atomic mass is 16.5. The van der Waals surface area contributed by atoms with Gasteiger partial charge in [-0.15, -0.1) is 0 Å². The van der Waals surface area contributed by atoms with E-state index in [1.807, 2.05) is 54.7 Å². The van der Waals surface area contributed by atoms with Crippen molar-refractivity contribution in [2.75, 3.05) is 12.4 Å². The number of fused-ring (bicyclic) bond motifs is 1. The Morgan fingerprint density at radius 1 is 1.12 bits per heavy atom. The van der Waals surface area contributed by atoms with E-state index in [4.69, 9.17) is 9.72 Å². The monoisotopic (exact) mass is 332 g/mol. The molecule has 0 spiro atoms. The van der Waals surface area contributed by atoms with Crippen LogP contribution in [0.5, 0.6) is 5.75 Å². The Morgan fingerprint density at radius 3 is 2.96 bits per heavy atom. The van der Waals surface area contributed by atoms with E-state index in [2.05, 4.69) is 21.4 Å². The smallest absolute Gasteiger partial charge is 0.137 e. The number of pyridine rings is 2. The predicted octanol–water partition coefficient (Wildman–Crippen LogP) is 4.49. The van der Waals surface area contributed by atoms with Gasteiger partial charge in [0.1, 0.15) is 17.2 Å². The lowest BCUT2D eigenvalue weighted by Crippen LogP contribution is -2.02. The number of benzene rings is 1. The van der Waals surface area contributed by atoms with E-state index in [0.717, 1.165) is 39.4 Å². The zero-order valence-corrected chi connectivity index (χ0v) is 13.9. The summed E-state index contributed by atoms with van der Waals surface area (Å²) in [6.07, 6.45) is 3.69. The number of H-pyrrole nitrogens is 1. The minimum atomic E-state index is 0. The van der Waals surface area contributed by atoms with Crippen LogP contribution in [-0.4, -0.2) is 22.1 Å². The summed E-state index contributed by atoms with van der Waals surface area (Å²) >= 11 is 0. The first-order valence-corrected chi connectivity index (χ1v) is 8.10. The molecule has 0 saturated carbocycles. The van der Waals surface area contributed by atoms with E-state index in [9.17, 15) is 0 Å². The molecule has 2 N–H and O–H groups in total. The summed E-state index contributed by atoms with van der Waals surface area (Å²) in [6.45, 7) is 0.684. The van der Waals surface area contributed by atoms with Crippen molar-refractivity contribution in [2.24, 2.45) is 0 Å². The largest absolute Gasteiger partial charge is 0.497 e. The third kappa shape index (κ3) is 3.17. The molecule has 25 heavy (non-hydrogen) atoms. The Hall–Kier alpha value is -3.34. The molecule has 0 aliphatic heterocycles. The highest BCUT2D eigenvalue weighted by Crippen LogP contribution is 2.26. The van der Waals surface area contributed by atoms with Gasteiger partial charge in [-0.25, -0.2) is 9.97 Å². The number of aromatic amines is 1. The van der Waals surface area contributed by atoms with E-state index >= 15 is 0 Å². The van der Waals surface area contributed by atoms with Crippen molar-refractivity contribution in [3.05, 3.63) is 72.6 Å². The average Bonchev–Trinajstić information content (AvgIpc) is 3.15. The minimum Gasteiger partial charge on any atom is -0.497 e. The van der Waals surface area contributed by atoms with Crippen LogP contribution in [0.3, 0.4) is 0 Å². The van der Waals surface area contributed by atoms with Crippen LogP contribution in [0.15, 0.2) is 67.0 Å². The van der Waals surface area contributed by atoms with Gasteiger partial charge in [-0.1, -0.05) is 18.2 Å². The number of hydrogen-bond acceptors (Lipinski definition) is 4. The van der Waals surface area contributed by atoms with Gasteiger partial charge >= 0.3 is 0 Å². The lowest BCUT2D eigenvalue weighted by atomic mass is 10.1. The molecule has 0 fully saturated rings. The van der Waals surface area contributed by atoms with Gasteiger partial charge in [-0.05, 0) is 42.0 Å². The molecule has 126 valence electrons. The maximum absolute atomic E-state index is 5.26. The molecule has 4 aromatic rings. The molecule has 5 heteroatoms. The number of ether oxygens (including phenoxy) is 1. The van der Waals surface area contributed by atoms with Crippen LogP contribution in [0.1, 0.15) is 6.99 Å². The lowest BCUT2D eigenvalue weighted by molar-refractivity contribution is 0.414. The number of anilines is 1. The van der Waals surface area contributed by atoms with Gasteiger partial charge < -0.3 is 15.0 Å². The SMILES string of the molecule is COc1cccc(CNc2cccc(-c3ccnc4[nH]ccc34)n2)c1.[HH]. The summed E-state index contributed by atoms with van der Waals surface area (Å²) in [5.41, 5.74) is 4.00. The van der Waals surface area contributed by atoms with Gasteiger partial charge in [0.15, 0.2) is 0 Å². The third-order valence-electron chi connectivity index (χ3n) is 4.09. The fourth-order valence-electron chi connectivity index (χ4n) is 2.84. The molecule has 5 nitrogen and oxygen atoms in total. The van der Waals surface area contributed by atoms with Crippen molar-refractivity contribution in [3.8, 4) is 17.0 Å². The maximum Gasteiger partial charge on any atom is 0.137 e. The molecule has 0 aliphatic carbocycles. The van der Waals surface area contributed by atoms with Crippen molar-refractivity contribution in [3.63, 3.8) is 0 Å². The lowest BCUT2D eigenvalue weighted by Gasteiger charge is -2.09. The third-order valence-corrected chi connectivity index (χ3v) is 4.09. The van der Waals surface area contributed by atoms with Gasteiger partial charge in [0.25, 0.3) is 0 Å². The number of nitrogens with zero attached hydrogens (tertiary/aromatic N) is 2. The quantitative estimate of drug-likeness (QED) is 0.565. The van der Waals surface area contributed by atoms with Crippen molar-refractivity contribution >= 4 is 16.9 Å². The van der Waals surface area contributed by atoms with E-state index in [0.29, 0.717) is 6.54 Å². The standard InChI is InChI=1S/C20H18N4O.H2/c1-25-15-5-2-4-14(12-15)13-23-19-7-3-6-18(24-19)16-8-10-21-20-17(16)9-11-22-20;/h2-12H,13H2,1H3,(H,21,22)(H,23,24);1H. The van der Waals surface area contributed by atoms with Crippen molar-refractivity contribution in [1.82, 2.24) is 15.0 Å². The average molecular weight is 332 g/mol. The summed E-state index contributed by atoms with van der Waals surface area (Å²) < 4.78 is 5.26. The number of hydrogen-bond donors (Lipinski definition) is 2. The summed E-state index contributed by atoms with van der Waals surface area (Å²) in [5, 5.41) is 4.44. The molecule has 0 unspecified atom stereocenters. The molecular formula is C20H20N4O. The fraction of sp³-hybridized carbons (Fsp3) is 0.100. The maximum atomic E-state index is 5.26. The Labute approximate surface area is 147 Å². The predicted molar refractivity (Wildman–Crippen MR) is 102 cm³/mol. The fourth-order valence-corrected chi connectivity index (χ4v) is 2.84. The summed E-state index contributed by atoms with van der Waals surface area (Å²) in [5.74, 6) is 1.69. The van der Waals surface area contributed by atoms with Crippen LogP contribution in [0.25, 0.3) is 22.3 Å². The summed E-state index contributed by atoms with van der Waals surface area (Å²) in [4.78, 5) is 12.2. The second kappa shape index (κ2) is 6.65. The number of nitrogens with one attached hydrogen (secondary N) is 2. The number of aromatic nitrogens is 3. The van der Waals surface area contributed by atoms with E-state index in [1.54, 1.807) is 13.3 Å². The molecule has 0 amide bonds. The van der Waals surface area contributed by atoms with Crippen LogP contribution in [-0.2, 0) is 6.54 Å². The van der Waals surface area contributed by atoms with Crippen LogP contribution in [0.2, 0.25) is 0 Å². The molecule has 1 aromatic carbocycles. The van der Waals surface area contributed by atoms with E-state index in [-0.39, 0.29) is 1.43 Å². The summed E-state index contributed by atoms with van der Waals surface area (Å²) in [7, 11) is 1.67. The summed E-state index contributed by atoms with van der Waals surface area (Å²) in [6, 6.07) is 18.0. The first-order valence-electron chi connectivity index (χ1n) is 8.10. The Kier molecular flexibility index (Phi) is 4.04. The van der Waals surface area contributed by atoms with Gasteiger partial charge in [-0.3, -0.25) is 0 Å². The van der Waals surface area contributed by atoms with Gasteiger partial charge in [0, 0.05) is 31.3 Å². The highest BCUT2D eigenvalue weighted by molar-refractivity contribution is 5.91. The number of rotatable bonds is 5. The molecule has 0 aliphatic rings. The highest BCUT2D eigenvalue weighted by Gasteiger charge is 2.07. The van der Waals surface area contributed by atoms with E-state index < -0.39 is 0 Å². The van der Waals surface area contributed by atoms with Gasteiger partial charge in [0.2, 0.25) is 0 Å². The van der Waals surface area contributed by atoms with E-state index in [1.165, 1.54) is 0 Å². The van der Waals surface area contributed by atoms with Gasteiger partial charge in [-0.2, -0.15) is 0 Å². The van der Waals surface area contributed by atoms with Crippen LogP contribution in [0.4, 0.5) is 5.82 Å². The molecule has 4 rings (SSSR count). The second-order valence-corrected chi connectivity index (χ2v) is 5.71. The molecule has 3 aromatic heterocycles. The van der Waals surface area contributed by atoms with Crippen LogP contribution < -0.4 is 10.1 Å². The zero-order chi connectivity index (χ0) is 17.1. The minimum absolute atomic E-state index is 0. The first kappa shape index (κ1) is 15.2. The molecule has 0 bridgehead atoms. The van der Waals surface area contributed by atoms with Crippen molar-refractivity contribution in [1.29, 1.82) is 0 Å². The molecular weight excluding hydrogens is 312 g/mol. The topological polar surface area (TPSA) is 62.8 Å². The first-order chi connectivity index (χ1) is 12.3. The van der Waals surface area contributed by atoms with Crippen molar-refractivity contribution in [2.45, 2.75) is 6.54 Å². The Balaban J connectivity index is 0.00000196. The molecule has 3 heterocycles. The normalized spacial score (nSPS) is 10.8. The van der Waals surface area contributed by atoms with Crippen molar-refractivity contribution < 1.29 is 6.16 Å². The Bertz CT molecular complexity index is 1020. The molecule has 0 atom stereocenters. The van der Waals surface area contributed by atoms with Crippen LogP contribution in [0, 0.1) is 0 Å². The second-order valence-electron chi connectivity index (χ2n) is 5.71. The Morgan fingerprint density at radius 2 is 2.04 bits per heavy atom.